The topological polar surface area (TPSA) is 50.7 Å². The standard InChI is InChI=1S/C20H16Cl2N2O2/c1-11-17(19(25)13-6-4-3-5-7-13)20-24(23-11)18(12(2)26-20)15-9-8-14(21)10-16(15)22/h3-10,19,25H,1-2H3. The van der Waals surface area contributed by atoms with Crippen molar-refractivity contribution in [2.75, 3.05) is 0 Å². The highest BCUT2D eigenvalue weighted by atomic mass is 35.5. The number of hydrogen-bond donors (Lipinski definition) is 1. The Morgan fingerprint density at radius 3 is 2.50 bits per heavy atom. The summed E-state index contributed by atoms with van der Waals surface area (Å²) in [5, 5.41) is 16.5. The fourth-order valence-electron chi connectivity index (χ4n) is 3.21. The summed E-state index contributed by atoms with van der Waals surface area (Å²) in [4.78, 5) is 0. The molecule has 0 bridgehead atoms. The summed E-state index contributed by atoms with van der Waals surface area (Å²) >= 11 is 12.4. The Morgan fingerprint density at radius 1 is 1.08 bits per heavy atom. The first-order valence-corrected chi connectivity index (χ1v) is 8.90. The Balaban J connectivity index is 1.92. The molecule has 1 atom stereocenters. The molecular weight excluding hydrogens is 371 g/mol. The summed E-state index contributed by atoms with van der Waals surface area (Å²) in [7, 11) is 0. The van der Waals surface area contributed by atoms with Crippen LogP contribution in [0.25, 0.3) is 17.0 Å². The molecule has 0 aliphatic rings. The molecule has 2 heterocycles. The minimum Gasteiger partial charge on any atom is -0.441 e. The van der Waals surface area contributed by atoms with E-state index in [0.29, 0.717) is 32.8 Å². The largest absolute Gasteiger partial charge is 0.441 e. The number of aromatic nitrogens is 2. The first-order chi connectivity index (χ1) is 12.5. The number of fused-ring (bicyclic) bond motifs is 1. The van der Waals surface area contributed by atoms with Gasteiger partial charge in [0.05, 0.1) is 16.3 Å². The van der Waals surface area contributed by atoms with Crippen LogP contribution < -0.4 is 0 Å². The number of oxazole rings is 1. The predicted molar refractivity (Wildman–Crippen MR) is 103 cm³/mol. The summed E-state index contributed by atoms with van der Waals surface area (Å²) in [6, 6.07) is 14.7. The van der Waals surface area contributed by atoms with Gasteiger partial charge in [-0.15, -0.1) is 0 Å². The molecule has 0 radical (unpaired) electrons. The maximum absolute atomic E-state index is 10.9. The molecule has 1 N–H and O–H groups in total. The number of hydrogen-bond acceptors (Lipinski definition) is 3. The van der Waals surface area contributed by atoms with E-state index in [1.807, 2.05) is 50.2 Å². The minimum absolute atomic E-state index is 0.511. The van der Waals surface area contributed by atoms with Gasteiger partial charge in [0.25, 0.3) is 0 Å². The third-order valence-electron chi connectivity index (χ3n) is 4.43. The number of aryl methyl sites for hydroxylation is 2. The van der Waals surface area contributed by atoms with E-state index in [0.717, 1.165) is 16.8 Å². The molecule has 0 spiro atoms. The zero-order valence-electron chi connectivity index (χ0n) is 14.2. The summed E-state index contributed by atoms with van der Waals surface area (Å²) in [5.41, 5.74) is 4.16. The van der Waals surface area contributed by atoms with E-state index >= 15 is 0 Å². The van der Waals surface area contributed by atoms with Gasteiger partial charge >= 0.3 is 0 Å². The van der Waals surface area contributed by atoms with Crippen molar-refractivity contribution in [1.29, 1.82) is 0 Å². The number of aliphatic hydroxyl groups excluding tert-OH is 1. The summed E-state index contributed by atoms with van der Waals surface area (Å²) in [5.74, 6) is 0.665. The molecule has 0 fully saturated rings. The molecule has 0 saturated carbocycles. The highest BCUT2D eigenvalue weighted by Gasteiger charge is 2.26. The third-order valence-corrected chi connectivity index (χ3v) is 4.98. The molecular formula is C20H16Cl2N2O2. The van der Waals surface area contributed by atoms with E-state index in [1.165, 1.54) is 0 Å². The van der Waals surface area contributed by atoms with Crippen LogP contribution in [-0.2, 0) is 0 Å². The van der Waals surface area contributed by atoms with E-state index in [4.69, 9.17) is 27.6 Å². The molecule has 4 rings (SSSR count). The zero-order chi connectivity index (χ0) is 18.4. The third kappa shape index (κ3) is 2.71. The van der Waals surface area contributed by atoms with Gasteiger partial charge < -0.3 is 9.52 Å². The van der Waals surface area contributed by atoms with Gasteiger partial charge in [-0.05, 0) is 37.6 Å². The van der Waals surface area contributed by atoms with Gasteiger partial charge in [0.1, 0.15) is 17.6 Å². The SMILES string of the molecule is Cc1nn2c(-c3ccc(Cl)cc3Cl)c(C)oc2c1C(O)c1ccccc1. The highest BCUT2D eigenvalue weighted by Crippen LogP contribution is 2.37. The van der Waals surface area contributed by atoms with Crippen molar-refractivity contribution in [2.24, 2.45) is 0 Å². The van der Waals surface area contributed by atoms with Crippen molar-refractivity contribution in [2.45, 2.75) is 20.0 Å². The number of halogens is 2. The Morgan fingerprint density at radius 2 is 1.81 bits per heavy atom. The number of nitrogens with zero attached hydrogens (tertiary/aromatic N) is 2. The minimum atomic E-state index is -0.826. The first-order valence-electron chi connectivity index (χ1n) is 8.14. The molecule has 26 heavy (non-hydrogen) atoms. The van der Waals surface area contributed by atoms with Gasteiger partial charge in [0.2, 0.25) is 5.71 Å². The van der Waals surface area contributed by atoms with Crippen LogP contribution in [0.5, 0.6) is 0 Å². The second kappa shape index (κ2) is 6.47. The normalized spacial score (nSPS) is 12.7. The van der Waals surface area contributed by atoms with E-state index in [1.54, 1.807) is 16.6 Å². The Hall–Kier alpha value is -2.27. The van der Waals surface area contributed by atoms with E-state index in [2.05, 4.69) is 5.10 Å². The second-order valence-corrected chi connectivity index (χ2v) is 7.00. The van der Waals surface area contributed by atoms with Crippen LogP contribution in [0.4, 0.5) is 0 Å². The van der Waals surface area contributed by atoms with Crippen molar-refractivity contribution >= 4 is 28.9 Å². The Labute approximate surface area is 160 Å². The molecule has 2 aromatic heterocycles. The molecule has 4 nitrogen and oxygen atoms in total. The van der Waals surface area contributed by atoms with Crippen molar-refractivity contribution in [1.82, 2.24) is 9.61 Å². The van der Waals surface area contributed by atoms with Crippen LogP contribution in [0.1, 0.15) is 28.7 Å². The van der Waals surface area contributed by atoms with Crippen molar-refractivity contribution in [3.8, 4) is 11.3 Å². The fraction of sp³-hybridized carbons (Fsp3) is 0.150. The van der Waals surface area contributed by atoms with Crippen molar-refractivity contribution in [3.05, 3.63) is 81.2 Å². The Bertz CT molecular complexity index is 1100. The molecule has 0 aliphatic carbocycles. The second-order valence-electron chi connectivity index (χ2n) is 6.16. The zero-order valence-corrected chi connectivity index (χ0v) is 15.7. The lowest BCUT2D eigenvalue weighted by atomic mass is 10.0. The smallest absolute Gasteiger partial charge is 0.228 e. The maximum atomic E-state index is 10.9. The van der Waals surface area contributed by atoms with Crippen LogP contribution in [-0.4, -0.2) is 14.7 Å². The molecule has 0 aliphatic heterocycles. The quantitative estimate of drug-likeness (QED) is 0.498. The van der Waals surface area contributed by atoms with Gasteiger partial charge in [-0.2, -0.15) is 9.61 Å². The molecule has 1 unspecified atom stereocenters. The fourth-order valence-corrected chi connectivity index (χ4v) is 3.71. The van der Waals surface area contributed by atoms with E-state index in [-0.39, 0.29) is 0 Å². The van der Waals surface area contributed by atoms with Crippen molar-refractivity contribution in [3.63, 3.8) is 0 Å². The van der Waals surface area contributed by atoms with Crippen LogP contribution in [0.15, 0.2) is 52.9 Å². The van der Waals surface area contributed by atoms with Crippen LogP contribution in [0, 0.1) is 13.8 Å². The lowest BCUT2D eigenvalue weighted by molar-refractivity contribution is 0.219. The van der Waals surface area contributed by atoms with Crippen LogP contribution in [0.2, 0.25) is 10.0 Å². The van der Waals surface area contributed by atoms with Crippen LogP contribution >= 0.6 is 23.2 Å². The summed E-state index contributed by atoms with van der Waals surface area (Å²) < 4.78 is 7.68. The molecule has 0 saturated heterocycles. The number of aliphatic hydroxyl groups is 1. The van der Waals surface area contributed by atoms with Gasteiger partial charge in [-0.3, -0.25) is 0 Å². The Kier molecular flexibility index (Phi) is 4.27. The first kappa shape index (κ1) is 17.2. The van der Waals surface area contributed by atoms with Gasteiger partial charge in [0, 0.05) is 10.6 Å². The molecule has 0 amide bonds. The lowest BCUT2D eigenvalue weighted by Crippen LogP contribution is -2.00. The van der Waals surface area contributed by atoms with E-state index in [9.17, 15) is 5.11 Å². The average Bonchev–Trinajstić information content (AvgIpc) is 3.08. The summed E-state index contributed by atoms with van der Waals surface area (Å²) in [6.07, 6.45) is -0.826. The van der Waals surface area contributed by atoms with E-state index < -0.39 is 6.10 Å². The van der Waals surface area contributed by atoms with Gasteiger partial charge in [-0.25, -0.2) is 0 Å². The highest BCUT2D eigenvalue weighted by molar-refractivity contribution is 6.36. The number of rotatable bonds is 3. The maximum Gasteiger partial charge on any atom is 0.228 e. The lowest BCUT2D eigenvalue weighted by Gasteiger charge is -2.09. The average molecular weight is 387 g/mol. The summed E-state index contributed by atoms with van der Waals surface area (Å²) in [6.45, 7) is 3.70. The number of benzene rings is 2. The van der Waals surface area contributed by atoms with Gasteiger partial charge in [-0.1, -0.05) is 53.5 Å². The molecule has 2 aromatic carbocycles. The van der Waals surface area contributed by atoms with Gasteiger partial charge in [0.15, 0.2) is 0 Å². The molecule has 132 valence electrons. The molecule has 4 aromatic rings. The predicted octanol–water partition coefficient (Wildman–Crippen LogP) is 5.60. The monoisotopic (exact) mass is 386 g/mol. The molecule has 6 heteroatoms. The van der Waals surface area contributed by atoms with Crippen molar-refractivity contribution < 1.29 is 9.52 Å². The van der Waals surface area contributed by atoms with Crippen LogP contribution in [0.3, 0.4) is 0 Å².